The lowest BCUT2D eigenvalue weighted by atomic mass is 10.2. The molecule has 0 heterocycles. The Balaban J connectivity index is 1.89. The summed E-state index contributed by atoms with van der Waals surface area (Å²) in [6.45, 7) is 0.312. The van der Waals surface area contributed by atoms with Crippen LogP contribution in [0.15, 0.2) is 54.6 Å². The van der Waals surface area contributed by atoms with Crippen molar-refractivity contribution in [1.82, 2.24) is 5.32 Å². The van der Waals surface area contributed by atoms with Gasteiger partial charge in [-0.1, -0.05) is 42.5 Å². The monoisotopic (exact) mass is 301 g/mol. The molecule has 21 heavy (non-hydrogen) atoms. The topological polar surface area (TPSA) is 58.6 Å². The molecule has 0 radical (unpaired) electrons. The third kappa shape index (κ3) is 4.89. The maximum atomic E-state index is 10.4. The van der Waals surface area contributed by atoms with E-state index in [0.29, 0.717) is 17.3 Å². The van der Waals surface area contributed by atoms with Crippen molar-refractivity contribution in [2.45, 2.75) is 6.54 Å². The molecule has 2 N–H and O–H groups in total. The van der Waals surface area contributed by atoms with Gasteiger partial charge >= 0.3 is 5.97 Å². The van der Waals surface area contributed by atoms with Gasteiger partial charge in [-0.2, -0.15) is 0 Å². The minimum Gasteiger partial charge on any atom is -0.482 e. The maximum absolute atomic E-state index is 10.4. The van der Waals surface area contributed by atoms with E-state index < -0.39 is 5.97 Å². The fraction of sp³-hybridized carbons (Fsp3) is 0.125. The molecule has 0 aliphatic heterocycles. The van der Waals surface area contributed by atoms with E-state index in [1.54, 1.807) is 24.3 Å². The molecule has 0 aromatic heterocycles. The lowest BCUT2D eigenvalue weighted by Gasteiger charge is -2.09. The minimum absolute atomic E-state index is 0.351. The predicted octanol–water partition coefficient (Wildman–Crippen LogP) is 2.62. The molecule has 0 bridgehead atoms. The van der Waals surface area contributed by atoms with Crippen molar-refractivity contribution in [2.24, 2.45) is 0 Å². The van der Waals surface area contributed by atoms with Crippen molar-refractivity contribution >= 4 is 23.2 Å². The van der Waals surface area contributed by atoms with E-state index >= 15 is 0 Å². The Kier molecular flexibility index (Phi) is 5.29. The molecule has 0 atom stereocenters. The summed E-state index contributed by atoms with van der Waals surface area (Å²) >= 11 is 5.32. The standard InChI is InChI=1S/C16H15NO3S/c18-15(19)11-20-14-8-6-13(7-9-14)16(21)17-10-12-4-2-1-3-5-12/h1-9H,10-11H2,(H,17,21)(H,18,19). The van der Waals surface area contributed by atoms with Gasteiger partial charge in [-0.05, 0) is 29.8 Å². The van der Waals surface area contributed by atoms with Crippen LogP contribution in [-0.4, -0.2) is 22.7 Å². The summed E-state index contributed by atoms with van der Waals surface area (Å²) in [6.07, 6.45) is 0. The molecule has 5 heteroatoms. The predicted molar refractivity (Wildman–Crippen MR) is 84.6 cm³/mol. The maximum Gasteiger partial charge on any atom is 0.341 e. The van der Waals surface area contributed by atoms with Gasteiger partial charge in [-0.15, -0.1) is 0 Å². The zero-order valence-corrected chi connectivity index (χ0v) is 12.1. The van der Waals surface area contributed by atoms with Gasteiger partial charge < -0.3 is 15.2 Å². The number of carboxylic acids is 1. The first-order chi connectivity index (χ1) is 10.1. The van der Waals surface area contributed by atoms with Crippen molar-refractivity contribution in [1.29, 1.82) is 0 Å². The Morgan fingerprint density at radius 2 is 1.76 bits per heavy atom. The van der Waals surface area contributed by atoms with Gasteiger partial charge in [0.15, 0.2) is 6.61 Å². The number of hydrogen-bond acceptors (Lipinski definition) is 3. The van der Waals surface area contributed by atoms with E-state index in [2.05, 4.69) is 5.32 Å². The number of thiocarbonyl (C=S) groups is 1. The number of ether oxygens (including phenoxy) is 1. The molecule has 108 valence electrons. The summed E-state index contributed by atoms with van der Waals surface area (Å²) in [7, 11) is 0. The second kappa shape index (κ2) is 7.40. The fourth-order valence-electron chi connectivity index (χ4n) is 1.73. The van der Waals surface area contributed by atoms with Crippen LogP contribution in [0.5, 0.6) is 5.75 Å². The van der Waals surface area contributed by atoms with Gasteiger partial charge in [0.05, 0.1) is 0 Å². The average molecular weight is 301 g/mol. The van der Waals surface area contributed by atoms with Crippen LogP contribution in [0.1, 0.15) is 11.1 Å². The number of carboxylic acid groups (broad SMARTS) is 1. The summed E-state index contributed by atoms with van der Waals surface area (Å²) in [5, 5.41) is 11.7. The molecular weight excluding hydrogens is 286 g/mol. The van der Waals surface area contributed by atoms with Gasteiger partial charge in [0.25, 0.3) is 0 Å². The first-order valence-corrected chi connectivity index (χ1v) is 6.83. The molecule has 0 amide bonds. The molecule has 2 aromatic carbocycles. The van der Waals surface area contributed by atoms with Crippen LogP contribution in [0.3, 0.4) is 0 Å². The molecule has 0 saturated carbocycles. The summed E-state index contributed by atoms with van der Waals surface area (Å²) < 4.78 is 5.07. The van der Waals surface area contributed by atoms with E-state index in [9.17, 15) is 4.79 Å². The molecular formula is C16H15NO3S. The van der Waals surface area contributed by atoms with E-state index in [4.69, 9.17) is 22.1 Å². The van der Waals surface area contributed by atoms with E-state index in [1.165, 1.54) is 0 Å². The molecule has 0 aliphatic rings. The van der Waals surface area contributed by atoms with Crippen LogP contribution in [0.4, 0.5) is 0 Å². The first-order valence-electron chi connectivity index (χ1n) is 6.42. The number of aliphatic carboxylic acids is 1. The number of carbonyl (C=O) groups is 1. The molecule has 0 fully saturated rings. The minimum atomic E-state index is -1.00. The van der Waals surface area contributed by atoms with Gasteiger partial charge in [0.1, 0.15) is 10.7 Å². The summed E-state index contributed by atoms with van der Waals surface area (Å²) in [5.41, 5.74) is 2.02. The van der Waals surface area contributed by atoms with Crippen LogP contribution in [0.2, 0.25) is 0 Å². The highest BCUT2D eigenvalue weighted by molar-refractivity contribution is 7.80. The zero-order valence-electron chi connectivity index (χ0n) is 11.3. The highest BCUT2D eigenvalue weighted by Gasteiger charge is 2.03. The summed E-state index contributed by atoms with van der Waals surface area (Å²) in [5.74, 6) is -0.494. The Hall–Kier alpha value is -2.40. The first kappa shape index (κ1) is 15.0. The number of rotatable bonds is 6. The van der Waals surface area contributed by atoms with E-state index in [0.717, 1.165) is 11.1 Å². The van der Waals surface area contributed by atoms with Gasteiger partial charge in [-0.3, -0.25) is 0 Å². The largest absolute Gasteiger partial charge is 0.482 e. The van der Waals surface area contributed by atoms with Gasteiger partial charge in [-0.25, -0.2) is 4.79 Å². The molecule has 0 aliphatic carbocycles. The Morgan fingerprint density at radius 1 is 1.10 bits per heavy atom. The van der Waals surface area contributed by atoms with E-state index in [-0.39, 0.29) is 6.61 Å². The van der Waals surface area contributed by atoms with Crippen molar-refractivity contribution in [3.8, 4) is 5.75 Å². The van der Waals surface area contributed by atoms with Crippen LogP contribution in [-0.2, 0) is 11.3 Å². The summed E-state index contributed by atoms with van der Waals surface area (Å²) in [4.78, 5) is 11.1. The van der Waals surface area contributed by atoms with Crippen LogP contribution in [0.25, 0.3) is 0 Å². The zero-order chi connectivity index (χ0) is 15.1. The quantitative estimate of drug-likeness (QED) is 0.803. The Labute approximate surface area is 128 Å². The molecule has 0 unspecified atom stereocenters. The smallest absolute Gasteiger partial charge is 0.341 e. The second-order valence-corrected chi connectivity index (χ2v) is 4.78. The fourth-order valence-corrected chi connectivity index (χ4v) is 1.94. The third-order valence-electron chi connectivity index (χ3n) is 2.77. The molecule has 0 saturated heterocycles. The van der Waals surface area contributed by atoms with Gasteiger partial charge in [0, 0.05) is 12.1 Å². The SMILES string of the molecule is O=C(O)COc1ccc(C(=S)NCc2ccccc2)cc1. The second-order valence-electron chi connectivity index (χ2n) is 4.38. The Morgan fingerprint density at radius 3 is 2.38 bits per heavy atom. The number of benzene rings is 2. The number of hydrogen-bond donors (Lipinski definition) is 2. The summed E-state index contributed by atoms with van der Waals surface area (Å²) in [6, 6.07) is 17.0. The molecule has 0 spiro atoms. The highest BCUT2D eigenvalue weighted by atomic mass is 32.1. The lowest BCUT2D eigenvalue weighted by molar-refractivity contribution is -0.139. The molecule has 2 aromatic rings. The van der Waals surface area contributed by atoms with Crippen LogP contribution < -0.4 is 10.1 Å². The average Bonchev–Trinajstić information content (AvgIpc) is 2.52. The third-order valence-corrected chi connectivity index (χ3v) is 3.15. The van der Waals surface area contributed by atoms with Crippen LogP contribution in [0, 0.1) is 0 Å². The van der Waals surface area contributed by atoms with E-state index in [1.807, 2.05) is 30.3 Å². The van der Waals surface area contributed by atoms with Crippen molar-refractivity contribution in [3.05, 3.63) is 65.7 Å². The normalized spacial score (nSPS) is 9.90. The molecule has 4 nitrogen and oxygen atoms in total. The van der Waals surface area contributed by atoms with Crippen molar-refractivity contribution in [2.75, 3.05) is 6.61 Å². The Bertz CT molecular complexity index is 611. The lowest BCUT2D eigenvalue weighted by Crippen LogP contribution is -2.21. The van der Waals surface area contributed by atoms with Crippen molar-refractivity contribution in [3.63, 3.8) is 0 Å². The molecule has 2 rings (SSSR count). The van der Waals surface area contributed by atoms with Crippen LogP contribution >= 0.6 is 12.2 Å². The number of nitrogens with one attached hydrogen (secondary N) is 1. The van der Waals surface area contributed by atoms with Gasteiger partial charge in [0.2, 0.25) is 0 Å². The van der Waals surface area contributed by atoms with Crippen molar-refractivity contribution < 1.29 is 14.6 Å². The highest BCUT2D eigenvalue weighted by Crippen LogP contribution is 2.12.